The first-order chi connectivity index (χ1) is 9.70. The van der Waals surface area contributed by atoms with Crippen molar-refractivity contribution in [2.75, 3.05) is 11.5 Å². The van der Waals surface area contributed by atoms with Crippen molar-refractivity contribution in [1.29, 1.82) is 0 Å². The van der Waals surface area contributed by atoms with Crippen LogP contribution in [0.5, 0.6) is 11.5 Å². The van der Waals surface area contributed by atoms with Crippen LogP contribution in [-0.2, 0) is 0 Å². The van der Waals surface area contributed by atoms with E-state index >= 15 is 0 Å². The molecule has 3 aliphatic rings. The van der Waals surface area contributed by atoms with Gasteiger partial charge >= 0.3 is 152 Å². The number of phenolic OH excluding ortho intramolecular Hbond substituents is 2. The third kappa shape index (κ3) is 2.70. The first-order valence-corrected chi connectivity index (χ1v) is 14.5. The van der Waals surface area contributed by atoms with Crippen molar-refractivity contribution in [3.63, 3.8) is 0 Å². The monoisotopic (exact) mass is 568 g/mol. The molecule has 0 radical (unpaired) electrons. The maximum atomic E-state index is 9.65. The molecule has 8 heteroatoms. The van der Waals surface area contributed by atoms with Crippen molar-refractivity contribution in [3.8, 4) is 11.5 Å². The summed E-state index contributed by atoms with van der Waals surface area (Å²) in [4.78, 5) is 0. The quantitative estimate of drug-likeness (QED) is 0.342. The van der Waals surface area contributed by atoms with E-state index in [4.69, 9.17) is 0 Å². The van der Waals surface area contributed by atoms with Crippen LogP contribution in [0.3, 0.4) is 0 Å². The molecule has 0 atom stereocenters. The van der Waals surface area contributed by atoms with Gasteiger partial charge in [0.25, 0.3) is 0 Å². The number of hydrogen-bond acceptors (Lipinski definition) is 4. The second kappa shape index (κ2) is 5.94. The van der Waals surface area contributed by atoms with Crippen molar-refractivity contribution in [1.82, 2.24) is 0 Å². The molecule has 2 nitrogen and oxygen atoms in total. The van der Waals surface area contributed by atoms with E-state index in [2.05, 4.69) is 23.5 Å². The van der Waals surface area contributed by atoms with Gasteiger partial charge in [0, 0.05) is 0 Å². The van der Waals surface area contributed by atoms with Crippen LogP contribution >= 0.6 is 23.5 Å². The van der Waals surface area contributed by atoms with Crippen molar-refractivity contribution >= 4 is 92.3 Å². The predicted octanol–water partition coefficient (Wildman–Crippen LogP) is -0.0744. The number of phenols is 2. The van der Waals surface area contributed by atoms with Crippen molar-refractivity contribution in [2.45, 2.75) is 0 Å². The maximum absolute atomic E-state index is 9.65. The van der Waals surface area contributed by atoms with Gasteiger partial charge in [-0.05, 0) is 0 Å². The van der Waals surface area contributed by atoms with Crippen LogP contribution in [0.25, 0.3) is 0 Å². The second-order valence-electron chi connectivity index (χ2n) is 4.04. The van der Waals surface area contributed by atoms with E-state index in [-0.39, 0.29) is 11.5 Å². The molecule has 0 bridgehead atoms. The zero-order valence-electron chi connectivity index (χ0n) is 9.91. The molecule has 2 N–H and O–H groups in total. The second-order valence-corrected chi connectivity index (χ2v) is 18.7. The molecule has 0 saturated carbocycles. The van der Waals surface area contributed by atoms with E-state index in [9.17, 15) is 10.2 Å². The summed E-state index contributed by atoms with van der Waals surface area (Å²) >= 11 is 6.09. The zero-order chi connectivity index (χ0) is 13.7. The van der Waals surface area contributed by atoms with Gasteiger partial charge in [-0.15, -0.1) is 0 Å². The van der Waals surface area contributed by atoms with Crippen LogP contribution in [0.1, 0.15) is 0 Å². The Morgan fingerprint density at radius 2 is 1.20 bits per heavy atom. The zero-order valence-corrected chi connectivity index (χ0v) is 18.4. The molecule has 0 aromatic heterocycles. The molecule has 20 heavy (non-hydrogen) atoms. The van der Waals surface area contributed by atoms with Gasteiger partial charge in [0.1, 0.15) is 0 Å². The number of thioether (sulfide) groups is 2. The van der Waals surface area contributed by atoms with Crippen LogP contribution in [0.15, 0.2) is 26.5 Å². The average molecular weight is 564 g/mol. The number of aromatic hydroxyl groups is 2. The third-order valence-electron chi connectivity index (χ3n) is 2.70. The number of hydrogen-bond donors (Lipinski definition) is 2. The predicted molar refractivity (Wildman–Crippen MR) is 91.0 cm³/mol. The summed E-state index contributed by atoms with van der Waals surface area (Å²) in [6, 6.07) is 3.57. The Hall–Kier alpha value is 1.08. The molecule has 104 valence electrons. The Bertz CT molecular complexity index is 619. The summed E-state index contributed by atoms with van der Waals surface area (Å²) in [6.45, 7) is 0. The first-order valence-electron chi connectivity index (χ1n) is 5.72. The molecule has 1 aromatic rings. The Kier molecular flexibility index (Phi) is 4.35. The minimum absolute atomic E-state index is 0.0404. The topological polar surface area (TPSA) is 40.5 Å². The summed E-state index contributed by atoms with van der Waals surface area (Å²) in [5.74, 6) is 2.64. The van der Waals surface area contributed by atoms with Crippen LogP contribution in [0, 0.1) is 0 Å². The van der Waals surface area contributed by atoms with Gasteiger partial charge in [-0.1, -0.05) is 0 Å². The minimum atomic E-state index is 0.0404. The summed E-state index contributed by atoms with van der Waals surface area (Å²) in [5.41, 5.74) is 0. The number of benzene rings is 1. The molecule has 0 amide bonds. The summed E-state index contributed by atoms with van der Waals surface area (Å²) in [5, 5.41) is 19.3. The fourth-order valence-corrected chi connectivity index (χ4v) is 22.9. The van der Waals surface area contributed by atoms with Crippen molar-refractivity contribution < 1.29 is 10.2 Å². The Balaban J connectivity index is 1.62. The fraction of sp³-hybridized carbons (Fsp3) is 0.167. The van der Waals surface area contributed by atoms with E-state index < -0.39 is 0 Å². The molecule has 0 saturated heterocycles. The Morgan fingerprint density at radius 1 is 0.750 bits per heavy atom. The summed E-state index contributed by atoms with van der Waals surface area (Å²) in [6.07, 6.45) is 0. The van der Waals surface area contributed by atoms with Crippen LogP contribution in [-0.4, -0.2) is 81.5 Å². The molecule has 4 rings (SSSR count). The van der Waals surface area contributed by atoms with Crippen molar-refractivity contribution in [3.05, 3.63) is 26.5 Å². The SMILES string of the molecule is Oc1cc2c(cc1O)[Se]C(=C1[Se]C3=C(SCCS3)[Se]1)[Se]2. The summed E-state index contributed by atoms with van der Waals surface area (Å²) < 4.78 is 9.40. The molecule has 0 aliphatic carbocycles. The molecular formula is C12H8O2S2Se4. The van der Waals surface area contributed by atoms with Gasteiger partial charge in [0.05, 0.1) is 0 Å². The Morgan fingerprint density at radius 3 is 1.70 bits per heavy atom. The fourth-order valence-electron chi connectivity index (χ4n) is 1.80. The van der Waals surface area contributed by atoms with Crippen LogP contribution < -0.4 is 8.92 Å². The molecule has 0 unspecified atom stereocenters. The molecular weight excluding hydrogens is 556 g/mol. The van der Waals surface area contributed by atoms with Gasteiger partial charge in [0.2, 0.25) is 0 Å². The average Bonchev–Trinajstić information content (AvgIpc) is 3.02. The van der Waals surface area contributed by atoms with E-state index in [1.807, 2.05) is 0 Å². The van der Waals surface area contributed by atoms with Gasteiger partial charge in [-0.3, -0.25) is 0 Å². The number of fused-ring (bicyclic) bond motifs is 1. The van der Waals surface area contributed by atoms with Crippen LogP contribution in [0.4, 0.5) is 0 Å². The molecule has 1 aromatic carbocycles. The molecule has 3 aliphatic heterocycles. The van der Waals surface area contributed by atoms with E-state index in [1.54, 1.807) is 26.5 Å². The van der Waals surface area contributed by atoms with E-state index in [0.717, 1.165) is 0 Å². The molecule has 0 spiro atoms. The Labute approximate surface area is 150 Å². The normalized spacial score (nSPS) is 21.4. The van der Waals surface area contributed by atoms with Crippen molar-refractivity contribution in [2.24, 2.45) is 0 Å². The van der Waals surface area contributed by atoms with E-state index in [1.165, 1.54) is 20.4 Å². The number of rotatable bonds is 0. The summed E-state index contributed by atoms with van der Waals surface area (Å²) in [7, 11) is 0. The van der Waals surface area contributed by atoms with Gasteiger partial charge in [-0.2, -0.15) is 0 Å². The van der Waals surface area contributed by atoms with E-state index in [0.29, 0.717) is 59.8 Å². The van der Waals surface area contributed by atoms with Gasteiger partial charge in [0.15, 0.2) is 0 Å². The molecule has 3 heterocycles. The van der Waals surface area contributed by atoms with Gasteiger partial charge in [-0.25, -0.2) is 0 Å². The molecule has 0 fully saturated rings. The van der Waals surface area contributed by atoms with Gasteiger partial charge < -0.3 is 0 Å². The third-order valence-corrected chi connectivity index (χ3v) is 22.6. The first kappa shape index (κ1) is 14.7. The van der Waals surface area contributed by atoms with Crippen LogP contribution in [0.2, 0.25) is 0 Å². The standard InChI is InChI=1S/C12H8O2S2Se4/c13-5-3-7-8(4-6(5)14)18-11(17-7)12-19-9-10(20-12)16-2-1-15-9/h3-4,13-14H,1-2H2.